The van der Waals surface area contributed by atoms with Crippen LogP contribution >= 0.6 is 11.3 Å². The summed E-state index contributed by atoms with van der Waals surface area (Å²) in [6, 6.07) is 5.11. The molecule has 26 heavy (non-hydrogen) atoms. The standard InChI is InChI=1S/C15H13F3N4O2S2/c16-15(17,18)11-2-4-13(5-3-11)26(23,24)20-8-6-12-10-25-14(21-12)22-9-1-7-19-22/h1-5,7,9-10,20H,6,8H2. The topological polar surface area (TPSA) is 76.9 Å². The summed E-state index contributed by atoms with van der Waals surface area (Å²) >= 11 is 1.37. The highest BCUT2D eigenvalue weighted by molar-refractivity contribution is 7.89. The molecule has 3 aromatic rings. The van der Waals surface area contributed by atoms with E-state index in [1.807, 2.05) is 0 Å². The maximum Gasteiger partial charge on any atom is 0.416 e. The van der Waals surface area contributed by atoms with Crippen LogP contribution in [0.2, 0.25) is 0 Å². The van der Waals surface area contributed by atoms with Crippen molar-refractivity contribution < 1.29 is 21.6 Å². The van der Waals surface area contributed by atoms with Crippen molar-refractivity contribution >= 4 is 21.4 Å². The molecule has 0 fully saturated rings. The van der Waals surface area contributed by atoms with Gasteiger partial charge in [-0.3, -0.25) is 0 Å². The quantitative estimate of drug-likeness (QED) is 0.688. The second-order valence-electron chi connectivity index (χ2n) is 5.24. The maximum absolute atomic E-state index is 12.5. The molecule has 0 unspecified atom stereocenters. The minimum absolute atomic E-state index is 0.0750. The van der Waals surface area contributed by atoms with Gasteiger partial charge in [-0.25, -0.2) is 22.8 Å². The van der Waals surface area contributed by atoms with Crippen LogP contribution in [-0.2, 0) is 22.6 Å². The summed E-state index contributed by atoms with van der Waals surface area (Å²) in [5.74, 6) is 0. The van der Waals surface area contributed by atoms with Crippen molar-refractivity contribution in [1.29, 1.82) is 0 Å². The lowest BCUT2D eigenvalue weighted by atomic mass is 10.2. The highest BCUT2D eigenvalue weighted by Gasteiger charge is 2.30. The molecule has 0 atom stereocenters. The van der Waals surface area contributed by atoms with Gasteiger partial charge in [0, 0.05) is 30.7 Å². The summed E-state index contributed by atoms with van der Waals surface area (Å²) in [6.07, 6.45) is -0.792. The van der Waals surface area contributed by atoms with E-state index in [2.05, 4.69) is 14.8 Å². The fourth-order valence-corrected chi connectivity index (χ4v) is 3.95. The van der Waals surface area contributed by atoms with Crippen LogP contribution < -0.4 is 4.72 Å². The van der Waals surface area contributed by atoms with Crippen molar-refractivity contribution in [2.75, 3.05) is 6.54 Å². The molecule has 0 aliphatic carbocycles. The molecule has 1 aromatic carbocycles. The number of nitrogens with one attached hydrogen (secondary N) is 1. The Bertz CT molecular complexity index is 965. The average Bonchev–Trinajstić information content (AvgIpc) is 3.25. The first-order chi connectivity index (χ1) is 12.3. The van der Waals surface area contributed by atoms with Crippen molar-refractivity contribution in [3.63, 3.8) is 0 Å². The molecular formula is C15H13F3N4O2S2. The molecule has 0 bridgehead atoms. The van der Waals surface area contributed by atoms with Crippen molar-refractivity contribution in [3.05, 3.63) is 59.4 Å². The highest BCUT2D eigenvalue weighted by atomic mass is 32.2. The third-order valence-corrected chi connectivity index (χ3v) is 5.76. The number of aromatic nitrogens is 3. The van der Waals surface area contributed by atoms with Gasteiger partial charge in [-0.2, -0.15) is 18.3 Å². The molecule has 0 radical (unpaired) electrons. The molecule has 0 amide bonds. The molecule has 3 rings (SSSR count). The molecule has 0 aliphatic rings. The zero-order valence-corrected chi connectivity index (χ0v) is 14.8. The number of sulfonamides is 1. The lowest BCUT2D eigenvalue weighted by Crippen LogP contribution is -2.26. The Morgan fingerprint density at radius 1 is 1.19 bits per heavy atom. The predicted octanol–water partition coefficient (Wildman–Crippen LogP) is 2.87. The van der Waals surface area contributed by atoms with Gasteiger partial charge in [0.1, 0.15) is 0 Å². The van der Waals surface area contributed by atoms with Crippen molar-refractivity contribution in [3.8, 4) is 5.13 Å². The van der Waals surface area contributed by atoms with E-state index >= 15 is 0 Å². The zero-order chi connectivity index (χ0) is 18.8. The van der Waals surface area contributed by atoms with Gasteiger partial charge in [0.05, 0.1) is 16.2 Å². The Hall–Kier alpha value is -2.24. The van der Waals surface area contributed by atoms with Crippen LogP contribution in [0, 0.1) is 0 Å². The van der Waals surface area contributed by atoms with Crippen LogP contribution in [-0.4, -0.2) is 29.7 Å². The van der Waals surface area contributed by atoms with E-state index in [-0.39, 0.29) is 11.4 Å². The summed E-state index contributed by atoms with van der Waals surface area (Å²) in [6.45, 7) is 0.0750. The van der Waals surface area contributed by atoms with Crippen LogP contribution in [0.15, 0.2) is 53.0 Å². The molecule has 0 saturated heterocycles. The summed E-state index contributed by atoms with van der Waals surface area (Å²) in [5, 5.41) is 6.51. The minimum Gasteiger partial charge on any atom is -0.223 e. The monoisotopic (exact) mass is 402 g/mol. The molecule has 138 valence electrons. The molecule has 11 heteroatoms. The van der Waals surface area contributed by atoms with E-state index < -0.39 is 21.8 Å². The molecule has 0 aliphatic heterocycles. The number of thiazole rings is 1. The molecule has 0 saturated carbocycles. The van der Waals surface area contributed by atoms with Gasteiger partial charge < -0.3 is 0 Å². The first kappa shape index (κ1) is 18.5. The molecule has 2 aromatic heterocycles. The van der Waals surface area contributed by atoms with Crippen LogP contribution in [0.5, 0.6) is 0 Å². The summed E-state index contributed by atoms with van der Waals surface area (Å²) in [5.41, 5.74) is -0.208. The summed E-state index contributed by atoms with van der Waals surface area (Å²) in [4.78, 5) is 4.12. The number of alkyl halides is 3. The third-order valence-electron chi connectivity index (χ3n) is 3.41. The number of halogens is 3. The van der Waals surface area contributed by atoms with E-state index in [4.69, 9.17) is 0 Å². The number of benzene rings is 1. The van der Waals surface area contributed by atoms with Gasteiger partial charge in [-0.05, 0) is 30.3 Å². The third kappa shape index (κ3) is 4.29. The van der Waals surface area contributed by atoms with Gasteiger partial charge in [-0.1, -0.05) is 0 Å². The van der Waals surface area contributed by atoms with Crippen LogP contribution in [0.25, 0.3) is 5.13 Å². The average molecular weight is 402 g/mol. The maximum atomic E-state index is 12.5. The fourth-order valence-electron chi connectivity index (χ4n) is 2.12. The predicted molar refractivity (Wildman–Crippen MR) is 89.6 cm³/mol. The Kier molecular flexibility index (Phi) is 5.12. The number of hydrogen-bond donors (Lipinski definition) is 1. The zero-order valence-electron chi connectivity index (χ0n) is 13.1. The first-order valence-corrected chi connectivity index (χ1v) is 9.73. The molecule has 6 nitrogen and oxygen atoms in total. The molecular weight excluding hydrogens is 389 g/mol. The Morgan fingerprint density at radius 2 is 1.92 bits per heavy atom. The lowest BCUT2D eigenvalue weighted by molar-refractivity contribution is -0.137. The largest absolute Gasteiger partial charge is 0.416 e. The SMILES string of the molecule is O=S(=O)(NCCc1csc(-n2cccn2)n1)c1ccc(C(F)(F)F)cc1. The second kappa shape index (κ2) is 7.17. The van der Waals surface area contributed by atoms with E-state index in [0.717, 1.165) is 24.3 Å². The smallest absolute Gasteiger partial charge is 0.223 e. The van der Waals surface area contributed by atoms with Crippen molar-refractivity contribution in [2.45, 2.75) is 17.5 Å². The number of hydrogen-bond acceptors (Lipinski definition) is 5. The highest BCUT2D eigenvalue weighted by Crippen LogP contribution is 2.29. The second-order valence-corrected chi connectivity index (χ2v) is 7.85. The van der Waals surface area contributed by atoms with Gasteiger partial charge in [-0.15, -0.1) is 11.3 Å². The summed E-state index contributed by atoms with van der Waals surface area (Å²) in [7, 11) is -3.89. The Balaban J connectivity index is 1.60. The van der Waals surface area contributed by atoms with Gasteiger partial charge in [0.25, 0.3) is 0 Å². The fraction of sp³-hybridized carbons (Fsp3) is 0.200. The Labute approximate surface area is 151 Å². The number of nitrogens with zero attached hydrogens (tertiary/aromatic N) is 3. The Morgan fingerprint density at radius 3 is 2.54 bits per heavy atom. The lowest BCUT2D eigenvalue weighted by Gasteiger charge is -2.09. The van der Waals surface area contributed by atoms with Gasteiger partial charge in [0.2, 0.25) is 15.2 Å². The normalized spacial score (nSPS) is 12.4. The van der Waals surface area contributed by atoms with E-state index in [1.54, 1.807) is 28.5 Å². The van der Waals surface area contributed by atoms with Crippen molar-refractivity contribution in [2.24, 2.45) is 0 Å². The summed E-state index contributed by atoms with van der Waals surface area (Å²) < 4.78 is 65.9. The first-order valence-electron chi connectivity index (χ1n) is 7.37. The van der Waals surface area contributed by atoms with Crippen molar-refractivity contribution in [1.82, 2.24) is 19.5 Å². The van der Waals surface area contributed by atoms with E-state index in [0.29, 0.717) is 17.2 Å². The van der Waals surface area contributed by atoms with Crippen LogP contribution in [0.1, 0.15) is 11.3 Å². The molecule has 2 heterocycles. The van der Waals surface area contributed by atoms with Crippen LogP contribution in [0.4, 0.5) is 13.2 Å². The van der Waals surface area contributed by atoms with E-state index in [9.17, 15) is 21.6 Å². The van der Waals surface area contributed by atoms with Crippen LogP contribution in [0.3, 0.4) is 0 Å². The molecule has 1 N–H and O–H groups in total. The molecule has 0 spiro atoms. The van der Waals surface area contributed by atoms with Gasteiger partial charge >= 0.3 is 6.18 Å². The minimum atomic E-state index is -4.51. The number of rotatable bonds is 6. The van der Waals surface area contributed by atoms with Gasteiger partial charge in [0.15, 0.2) is 0 Å². The van der Waals surface area contributed by atoms with E-state index in [1.165, 1.54) is 11.3 Å².